The summed E-state index contributed by atoms with van der Waals surface area (Å²) in [5.41, 5.74) is 0.531. The summed E-state index contributed by atoms with van der Waals surface area (Å²) in [6, 6.07) is 4.14. The summed E-state index contributed by atoms with van der Waals surface area (Å²) in [7, 11) is 0. The molecule has 1 heterocycles. The van der Waals surface area contributed by atoms with E-state index in [-0.39, 0.29) is 61.0 Å². The average Bonchev–Trinajstić information content (AvgIpc) is 3.01. The zero-order valence-corrected chi connectivity index (χ0v) is 20.5. The molecule has 0 spiro atoms. The Bertz CT molecular complexity index is 932. The molecule has 0 bridgehead atoms. The van der Waals surface area contributed by atoms with Gasteiger partial charge in [0.2, 0.25) is 23.6 Å². The third kappa shape index (κ3) is 5.58. The number of nitrogens with one attached hydrogen (secondary N) is 1. The van der Waals surface area contributed by atoms with Crippen LogP contribution in [0.1, 0.15) is 45.6 Å². The molecule has 2 aliphatic rings. The number of carbonyl (C=O) groups excluding carboxylic acids is 4. The van der Waals surface area contributed by atoms with Crippen LogP contribution in [0.25, 0.3) is 0 Å². The highest BCUT2D eigenvalue weighted by Crippen LogP contribution is 2.35. The number of imide groups is 1. The van der Waals surface area contributed by atoms with Crippen LogP contribution in [-0.4, -0.2) is 52.1 Å². The standard InChI is InChI=1S/C24H29Cl2N3O4/c1-14(2)27-22(31)15(3)29(13-18-19(25)9-6-10-20(18)26)21(30)11-12-28-23(32)16-7-4-5-8-17(16)24(28)33/h4-6,9-10,14-17H,7-8,11-13H2,1-3H3,(H,27,31)/t15-,16-,17+/m0/s1. The molecule has 0 aromatic heterocycles. The summed E-state index contributed by atoms with van der Waals surface area (Å²) < 4.78 is 0. The van der Waals surface area contributed by atoms with Gasteiger partial charge < -0.3 is 10.2 Å². The van der Waals surface area contributed by atoms with Crippen LogP contribution in [0.15, 0.2) is 30.4 Å². The second-order valence-electron chi connectivity index (χ2n) is 8.80. The van der Waals surface area contributed by atoms with Gasteiger partial charge in [-0.15, -0.1) is 0 Å². The number of nitrogens with zero attached hydrogens (tertiary/aromatic N) is 2. The van der Waals surface area contributed by atoms with E-state index in [2.05, 4.69) is 5.32 Å². The number of hydrogen-bond donors (Lipinski definition) is 1. The molecule has 3 rings (SSSR count). The molecule has 1 aromatic rings. The highest BCUT2D eigenvalue weighted by Gasteiger charge is 2.47. The molecule has 7 nitrogen and oxygen atoms in total. The Kier molecular flexibility index (Phi) is 8.19. The van der Waals surface area contributed by atoms with Gasteiger partial charge in [-0.25, -0.2) is 0 Å². The molecule has 0 saturated carbocycles. The third-order valence-electron chi connectivity index (χ3n) is 6.14. The lowest BCUT2D eigenvalue weighted by Crippen LogP contribution is -2.49. The number of likely N-dealkylation sites (tertiary alicyclic amines) is 1. The summed E-state index contributed by atoms with van der Waals surface area (Å²) in [6.45, 7) is 5.31. The van der Waals surface area contributed by atoms with Gasteiger partial charge in [0.15, 0.2) is 0 Å². The minimum absolute atomic E-state index is 0.0191. The number of amides is 4. The molecule has 3 atom stereocenters. The van der Waals surface area contributed by atoms with E-state index in [4.69, 9.17) is 23.2 Å². The van der Waals surface area contributed by atoms with Crippen molar-refractivity contribution in [3.63, 3.8) is 0 Å². The van der Waals surface area contributed by atoms with Gasteiger partial charge in [-0.1, -0.05) is 41.4 Å². The van der Waals surface area contributed by atoms with Crippen molar-refractivity contribution in [2.75, 3.05) is 6.54 Å². The van der Waals surface area contributed by atoms with Crippen LogP contribution in [0, 0.1) is 11.8 Å². The highest BCUT2D eigenvalue weighted by atomic mass is 35.5. The maximum Gasteiger partial charge on any atom is 0.242 e. The van der Waals surface area contributed by atoms with Crippen molar-refractivity contribution < 1.29 is 19.2 Å². The fourth-order valence-corrected chi connectivity index (χ4v) is 4.80. The minimum Gasteiger partial charge on any atom is -0.352 e. The monoisotopic (exact) mass is 493 g/mol. The number of rotatable bonds is 8. The first-order chi connectivity index (χ1) is 15.6. The Balaban J connectivity index is 1.76. The fourth-order valence-electron chi connectivity index (χ4n) is 4.28. The van der Waals surface area contributed by atoms with Crippen LogP contribution in [0.5, 0.6) is 0 Å². The van der Waals surface area contributed by atoms with Gasteiger partial charge in [-0.3, -0.25) is 24.1 Å². The summed E-state index contributed by atoms with van der Waals surface area (Å²) in [6.07, 6.45) is 4.84. The predicted octanol–water partition coefficient (Wildman–Crippen LogP) is 3.58. The Morgan fingerprint density at radius 2 is 1.61 bits per heavy atom. The molecule has 1 aliphatic carbocycles. The van der Waals surface area contributed by atoms with E-state index in [9.17, 15) is 19.2 Å². The average molecular weight is 494 g/mol. The lowest BCUT2D eigenvalue weighted by atomic mass is 9.85. The van der Waals surface area contributed by atoms with Crippen molar-refractivity contribution >= 4 is 46.8 Å². The van der Waals surface area contributed by atoms with Gasteiger partial charge in [0.1, 0.15) is 6.04 Å². The zero-order chi connectivity index (χ0) is 24.3. The normalized spacial score (nSPS) is 20.7. The molecule has 33 heavy (non-hydrogen) atoms. The Labute approximate surface area is 204 Å². The predicted molar refractivity (Wildman–Crippen MR) is 126 cm³/mol. The van der Waals surface area contributed by atoms with E-state index in [0.717, 1.165) is 0 Å². The van der Waals surface area contributed by atoms with Crippen LogP contribution in [0.4, 0.5) is 0 Å². The van der Waals surface area contributed by atoms with E-state index in [0.29, 0.717) is 28.5 Å². The van der Waals surface area contributed by atoms with E-state index in [1.165, 1.54) is 9.80 Å². The molecular weight excluding hydrogens is 465 g/mol. The van der Waals surface area contributed by atoms with Crippen molar-refractivity contribution in [3.8, 4) is 0 Å². The van der Waals surface area contributed by atoms with E-state index in [1.54, 1.807) is 25.1 Å². The van der Waals surface area contributed by atoms with Crippen LogP contribution >= 0.6 is 23.2 Å². The summed E-state index contributed by atoms with van der Waals surface area (Å²) in [4.78, 5) is 54.0. The maximum atomic E-state index is 13.3. The van der Waals surface area contributed by atoms with Gasteiger partial charge >= 0.3 is 0 Å². The second kappa shape index (κ2) is 10.7. The molecule has 178 valence electrons. The van der Waals surface area contributed by atoms with E-state index in [1.807, 2.05) is 26.0 Å². The van der Waals surface area contributed by atoms with Crippen molar-refractivity contribution in [2.24, 2.45) is 11.8 Å². The number of fused-ring (bicyclic) bond motifs is 1. The Morgan fingerprint density at radius 1 is 1.06 bits per heavy atom. The van der Waals surface area contributed by atoms with Gasteiger partial charge in [-0.2, -0.15) is 0 Å². The smallest absolute Gasteiger partial charge is 0.242 e. The zero-order valence-electron chi connectivity index (χ0n) is 19.0. The quantitative estimate of drug-likeness (QED) is 0.442. The minimum atomic E-state index is -0.802. The molecule has 0 radical (unpaired) electrons. The molecule has 1 aliphatic heterocycles. The van der Waals surface area contributed by atoms with Gasteiger partial charge in [0, 0.05) is 41.2 Å². The first kappa shape index (κ1) is 25.2. The number of hydrogen-bond acceptors (Lipinski definition) is 4. The lowest BCUT2D eigenvalue weighted by Gasteiger charge is -2.30. The van der Waals surface area contributed by atoms with Gasteiger partial charge in [0.25, 0.3) is 0 Å². The molecule has 1 aromatic carbocycles. The molecule has 1 fully saturated rings. The van der Waals surface area contributed by atoms with Crippen LogP contribution in [0.3, 0.4) is 0 Å². The summed E-state index contributed by atoms with van der Waals surface area (Å²) >= 11 is 12.6. The molecule has 0 unspecified atom stereocenters. The Morgan fingerprint density at radius 3 is 2.12 bits per heavy atom. The molecule has 1 saturated heterocycles. The van der Waals surface area contributed by atoms with Crippen LogP contribution < -0.4 is 5.32 Å². The third-order valence-corrected chi connectivity index (χ3v) is 6.84. The SMILES string of the molecule is CC(C)NC(=O)[C@H](C)N(Cc1c(Cl)cccc1Cl)C(=O)CCN1C(=O)[C@H]2CC=CC[C@H]2C1=O. The lowest BCUT2D eigenvalue weighted by molar-refractivity contribution is -0.143. The fraction of sp³-hybridized carbons (Fsp3) is 0.500. The van der Waals surface area contributed by atoms with Crippen molar-refractivity contribution in [2.45, 2.75) is 58.7 Å². The largest absolute Gasteiger partial charge is 0.352 e. The molecule has 9 heteroatoms. The van der Waals surface area contributed by atoms with Gasteiger partial charge in [0.05, 0.1) is 11.8 Å². The van der Waals surface area contributed by atoms with Crippen LogP contribution in [0.2, 0.25) is 10.0 Å². The molecule has 1 N–H and O–H groups in total. The second-order valence-corrected chi connectivity index (χ2v) is 9.61. The first-order valence-electron chi connectivity index (χ1n) is 11.1. The van der Waals surface area contributed by atoms with Gasteiger partial charge in [-0.05, 0) is 45.7 Å². The van der Waals surface area contributed by atoms with Crippen LogP contribution in [-0.2, 0) is 25.7 Å². The van der Waals surface area contributed by atoms with E-state index < -0.39 is 6.04 Å². The number of allylic oxidation sites excluding steroid dienone is 2. The Hall–Kier alpha value is -2.38. The van der Waals surface area contributed by atoms with E-state index >= 15 is 0 Å². The van der Waals surface area contributed by atoms with Crippen molar-refractivity contribution in [1.29, 1.82) is 0 Å². The number of carbonyl (C=O) groups is 4. The topological polar surface area (TPSA) is 86.8 Å². The summed E-state index contributed by atoms with van der Waals surface area (Å²) in [5.74, 6) is -1.82. The maximum absolute atomic E-state index is 13.3. The summed E-state index contributed by atoms with van der Waals surface area (Å²) in [5, 5.41) is 3.59. The molecule has 4 amide bonds. The number of halogens is 2. The first-order valence-corrected chi connectivity index (χ1v) is 11.9. The number of benzene rings is 1. The van der Waals surface area contributed by atoms with Crippen molar-refractivity contribution in [3.05, 3.63) is 46.0 Å². The van der Waals surface area contributed by atoms with Crippen molar-refractivity contribution in [1.82, 2.24) is 15.1 Å². The highest BCUT2D eigenvalue weighted by molar-refractivity contribution is 6.36. The molecular formula is C24H29Cl2N3O4.